The minimum Gasteiger partial charge on any atom is -1.00 e. The monoisotopic (exact) mass is 370 g/mol. The Morgan fingerprint density at radius 3 is 2.77 bits per heavy atom. The molecule has 2 aromatic rings. The first-order valence-electron chi connectivity index (χ1n) is 6.90. The van der Waals surface area contributed by atoms with Gasteiger partial charge in [-0.05, 0) is 0 Å². The van der Waals surface area contributed by atoms with Gasteiger partial charge in [0.1, 0.15) is 12.3 Å². The third-order valence-corrected chi connectivity index (χ3v) is 2.79. The van der Waals surface area contributed by atoms with Crippen molar-refractivity contribution in [3.8, 4) is 5.75 Å². The van der Waals surface area contributed by atoms with Gasteiger partial charge in [0.05, 0.1) is 18.5 Å². The zero-order valence-electron chi connectivity index (χ0n) is 12.4. The average Bonchev–Trinajstić information content (AvgIpc) is 3.00. The van der Waals surface area contributed by atoms with Gasteiger partial charge < -0.3 is 26.5 Å². The van der Waals surface area contributed by atoms with Crippen molar-refractivity contribution in [2.45, 2.75) is 26.3 Å². The topological polar surface area (TPSA) is 81.0 Å². The quantitative estimate of drug-likeness (QED) is 0.416. The van der Waals surface area contributed by atoms with E-state index >= 15 is 0 Å². The highest BCUT2D eigenvalue weighted by atomic mass is 79.9. The maximum absolute atomic E-state index is 11.5. The summed E-state index contributed by atoms with van der Waals surface area (Å²) >= 11 is 0. The van der Waals surface area contributed by atoms with Crippen molar-refractivity contribution in [1.82, 2.24) is 15.4 Å². The van der Waals surface area contributed by atoms with Gasteiger partial charge in [-0.2, -0.15) is 15.4 Å². The smallest absolute Gasteiger partial charge is 0.344 e. The Hall–Kier alpha value is -1.96. The number of hydrogen-bond acceptors (Lipinski definition) is 5. The molecule has 8 heteroatoms. The van der Waals surface area contributed by atoms with Gasteiger partial charge in [0.2, 0.25) is 0 Å². The summed E-state index contributed by atoms with van der Waals surface area (Å²) in [5.74, 6) is 0.250. The van der Waals surface area contributed by atoms with Crippen molar-refractivity contribution < 1.29 is 35.8 Å². The second-order valence-corrected chi connectivity index (χ2v) is 4.49. The first kappa shape index (κ1) is 18.1. The molecule has 22 heavy (non-hydrogen) atoms. The number of aromatic amines is 1. The van der Waals surface area contributed by atoms with Crippen LogP contribution in [0, 0.1) is 0 Å². The van der Waals surface area contributed by atoms with E-state index in [-0.39, 0.29) is 30.2 Å². The zero-order valence-corrected chi connectivity index (χ0v) is 14.0. The van der Waals surface area contributed by atoms with Crippen LogP contribution in [0.5, 0.6) is 5.75 Å². The van der Waals surface area contributed by atoms with Crippen molar-refractivity contribution in [3.63, 3.8) is 0 Å². The zero-order chi connectivity index (χ0) is 14.9. The van der Waals surface area contributed by atoms with E-state index in [1.54, 1.807) is 6.20 Å². The summed E-state index contributed by atoms with van der Waals surface area (Å²) < 4.78 is 12.5. The molecular weight excluding hydrogens is 352 g/mol. The number of ether oxygens (including phenoxy) is 2. The van der Waals surface area contributed by atoms with Gasteiger partial charge in [-0.15, -0.1) is 0 Å². The first-order chi connectivity index (χ1) is 10.3. The number of carbonyl (C=O) groups is 1. The van der Waals surface area contributed by atoms with Crippen LogP contribution in [0.2, 0.25) is 0 Å². The molecule has 0 aliphatic rings. The summed E-state index contributed by atoms with van der Waals surface area (Å²) in [5, 5.41) is 10.0. The van der Waals surface area contributed by atoms with Crippen LogP contribution in [0.1, 0.15) is 19.0 Å². The van der Waals surface area contributed by atoms with Crippen LogP contribution < -0.4 is 26.3 Å². The lowest BCUT2D eigenvalue weighted by atomic mass is 10.3. The van der Waals surface area contributed by atoms with E-state index in [9.17, 15) is 4.79 Å². The molecule has 0 fully saturated rings. The van der Waals surface area contributed by atoms with Crippen molar-refractivity contribution in [3.05, 3.63) is 36.4 Å². The number of rotatable bonds is 8. The molecule has 0 atom stereocenters. The van der Waals surface area contributed by atoms with Gasteiger partial charge in [-0.3, -0.25) is 0 Å². The highest BCUT2D eigenvalue weighted by molar-refractivity contribution is 5.71. The van der Waals surface area contributed by atoms with Gasteiger partial charge in [-0.25, -0.2) is 9.36 Å². The molecule has 2 heterocycles. The largest absolute Gasteiger partial charge is 1.00 e. The third-order valence-electron chi connectivity index (χ3n) is 2.79. The van der Waals surface area contributed by atoms with E-state index in [4.69, 9.17) is 9.47 Å². The normalized spacial score (nSPS) is 9.86. The second-order valence-electron chi connectivity index (χ2n) is 4.49. The molecule has 0 aromatic carbocycles. The lowest BCUT2D eigenvalue weighted by Crippen LogP contribution is -3.00. The Labute approximate surface area is 139 Å². The molecule has 0 aliphatic heterocycles. The van der Waals surface area contributed by atoms with Crippen molar-refractivity contribution >= 4 is 5.97 Å². The van der Waals surface area contributed by atoms with Crippen LogP contribution in [-0.2, 0) is 22.5 Å². The van der Waals surface area contributed by atoms with Crippen LogP contribution in [0.3, 0.4) is 0 Å². The van der Waals surface area contributed by atoms with E-state index in [1.807, 2.05) is 24.5 Å². The molecule has 120 valence electrons. The summed E-state index contributed by atoms with van der Waals surface area (Å²) in [6.07, 6.45) is 7.05. The fourth-order valence-corrected chi connectivity index (χ4v) is 1.75. The predicted octanol–water partition coefficient (Wildman–Crippen LogP) is -2.33. The molecule has 0 amide bonds. The van der Waals surface area contributed by atoms with Gasteiger partial charge >= 0.3 is 5.97 Å². The average molecular weight is 371 g/mol. The number of pyridine rings is 1. The van der Waals surface area contributed by atoms with Gasteiger partial charge in [0.15, 0.2) is 19.0 Å². The summed E-state index contributed by atoms with van der Waals surface area (Å²) in [6.45, 7) is 3.24. The van der Waals surface area contributed by atoms with E-state index in [0.717, 1.165) is 18.7 Å². The fraction of sp³-hybridized carbons (Fsp3) is 0.429. The Morgan fingerprint density at radius 2 is 2.14 bits per heavy atom. The molecule has 0 unspecified atom stereocenters. The van der Waals surface area contributed by atoms with E-state index < -0.39 is 5.97 Å². The van der Waals surface area contributed by atoms with Crippen molar-refractivity contribution in [1.29, 1.82) is 0 Å². The number of aromatic nitrogens is 4. The molecule has 0 radical (unpaired) electrons. The lowest BCUT2D eigenvalue weighted by molar-refractivity contribution is -0.697. The molecule has 7 nitrogen and oxygen atoms in total. The van der Waals surface area contributed by atoms with Crippen LogP contribution >= 0.6 is 0 Å². The summed E-state index contributed by atoms with van der Waals surface area (Å²) in [6, 6.07) is 3.66. The Kier molecular flexibility index (Phi) is 8.13. The maximum Gasteiger partial charge on any atom is 0.344 e. The Morgan fingerprint density at radius 1 is 1.36 bits per heavy atom. The Bertz CT molecular complexity index is 546. The maximum atomic E-state index is 11.5. The highest BCUT2D eigenvalue weighted by Gasteiger charge is 2.06. The second kappa shape index (κ2) is 9.88. The molecule has 0 aliphatic carbocycles. The SMILES string of the molecule is CCC[n+]1ccc(OCC(=O)OCCc2cn[nH]n2)cc1.[Br-]. The Balaban J connectivity index is 0.00000242. The van der Waals surface area contributed by atoms with Gasteiger partial charge in [-0.1, -0.05) is 6.92 Å². The molecule has 0 bridgehead atoms. The summed E-state index contributed by atoms with van der Waals surface area (Å²) in [5.41, 5.74) is 0.757. The van der Waals surface area contributed by atoms with Gasteiger partial charge in [0, 0.05) is 25.0 Å². The van der Waals surface area contributed by atoms with Gasteiger partial charge in [0.25, 0.3) is 0 Å². The van der Waals surface area contributed by atoms with E-state index in [0.29, 0.717) is 12.2 Å². The number of nitrogens with zero attached hydrogens (tertiary/aromatic N) is 3. The number of hydrogen-bond donors (Lipinski definition) is 1. The van der Waals surface area contributed by atoms with Crippen LogP contribution in [0.15, 0.2) is 30.7 Å². The molecule has 1 N–H and O–H groups in total. The minimum absolute atomic E-state index is 0. The molecule has 0 spiro atoms. The van der Waals surface area contributed by atoms with Crippen LogP contribution in [-0.4, -0.2) is 34.6 Å². The molecule has 2 aromatic heterocycles. The first-order valence-corrected chi connectivity index (χ1v) is 6.90. The summed E-state index contributed by atoms with van der Waals surface area (Å²) in [7, 11) is 0. The lowest BCUT2D eigenvalue weighted by Gasteiger charge is -2.05. The number of carbonyl (C=O) groups excluding carboxylic acids is 1. The van der Waals surface area contributed by atoms with Crippen LogP contribution in [0.25, 0.3) is 0 Å². The standard InChI is InChI=1S/C14H19N4O3.BrH/c1-2-6-18-7-3-13(4-8-18)21-11-14(19)20-9-5-12-10-15-17-16-12;/h3-4,7-8,10H,2,5-6,9,11H2,1H3,(H,15,16,17);1H/q+1;/p-1. The third kappa shape index (κ3) is 6.21. The molecule has 0 saturated heterocycles. The van der Waals surface area contributed by atoms with E-state index in [2.05, 4.69) is 26.9 Å². The number of nitrogens with one attached hydrogen (secondary N) is 1. The molecule has 2 rings (SSSR count). The van der Waals surface area contributed by atoms with Crippen molar-refractivity contribution in [2.24, 2.45) is 0 Å². The molecule has 0 saturated carbocycles. The predicted molar refractivity (Wildman–Crippen MR) is 73.5 cm³/mol. The number of H-pyrrole nitrogens is 1. The fourth-order valence-electron chi connectivity index (χ4n) is 1.75. The van der Waals surface area contributed by atoms with E-state index in [1.165, 1.54) is 0 Å². The van der Waals surface area contributed by atoms with Crippen molar-refractivity contribution in [2.75, 3.05) is 13.2 Å². The molecular formula is C14H19BrN4O3. The number of aryl methyl sites for hydroxylation is 1. The van der Waals surface area contributed by atoms with Crippen LogP contribution in [0.4, 0.5) is 0 Å². The summed E-state index contributed by atoms with van der Waals surface area (Å²) in [4.78, 5) is 11.5. The minimum atomic E-state index is -0.399. The number of halogens is 1. The number of esters is 1. The highest BCUT2D eigenvalue weighted by Crippen LogP contribution is 2.06.